The van der Waals surface area contributed by atoms with Gasteiger partial charge in [0.05, 0.1) is 18.8 Å². The van der Waals surface area contributed by atoms with E-state index in [4.69, 9.17) is 9.47 Å². The molecule has 1 fully saturated rings. The van der Waals surface area contributed by atoms with Crippen LogP contribution in [0, 0.1) is 0 Å². The second kappa shape index (κ2) is 4.43. The lowest BCUT2D eigenvalue weighted by Gasteiger charge is -2.10. The van der Waals surface area contributed by atoms with Crippen LogP contribution in [-0.4, -0.2) is 26.2 Å². The van der Waals surface area contributed by atoms with Crippen LogP contribution in [0.5, 0.6) is 11.5 Å². The summed E-state index contributed by atoms with van der Waals surface area (Å²) in [5.41, 5.74) is 0.503. The predicted octanol–water partition coefficient (Wildman–Crippen LogP) is 1.60. The minimum atomic E-state index is -0.168. The Morgan fingerprint density at radius 3 is 2.75 bits per heavy atom. The van der Waals surface area contributed by atoms with Gasteiger partial charge in [-0.2, -0.15) is 0 Å². The second-order valence-electron chi connectivity index (χ2n) is 3.76. The normalized spacial score (nSPS) is 14.4. The van der Waals surface area contributed by atoms with Crippen molar-refractivity contribution in [2.45, 2.75) is 18.9 Å². The number of amides is 1. The molecule has 1 aliphatic rings. The standard InChI is InChI=1S/C12H15NO3/c1-13-12(14)10-7-9(16-8-3-4-8)5-6-11(10)15-2/h5-8H,3-4H2,1-2H3,(H,13,14). The van der Waals surface area contributed by atoms with E-state index in [2.05, 4.69) is 5.32 Å². The number of carbonyl (C=O) groups excluding carboxylic acids is 1. The van der Waals surface area contributed by atoms with E-state index in [1.165, 1.54) is 0 Å². The van der Waals surface area contributed by atoms with Crippen molar-refractivity contribution >= 4 is 5.91 Å². The number of benzene rings is 1. The van der Waals surface area contributed by atoms with Crippen LogP contribution in [-0.2, 0) is 0 Å². The van der Waals surface area contributed by atoms with Gasteiger partial charge in [-0.3, -0.25) is 4.79 Å². The van der Waals surface area contributed by atoms with Crippen LogP contribution in [0.4, 0.5) is 0 Å². The van der Waals surface area contributed by atoms with E-state index in [1.54, 1.807) is 26.3 Å². The molecule has 2 rings (SSSR count). The van der Waals surface area contributed by atoms with Crippen molar-refractivity contribution in [1.29, 1.82) is 0 Å². The van der Waals surface area contributed by atoms with Crippen molar-refractivity contribution in [3.05, 3.63) is 23.8 Å². The number of rotatable bonds is 4. The van der Waals surface area contributed by atoms with Crippen LogP contribution in [0.25, 0.3) is 0 Å². The van der Waals surface area contributed by atoms with Gasteiger partial charge >= 0.3 is 0 Å². The molecule has 0 heterocycles. The van der Waals surface area contributed by atoms with Crippen LogP contribution in [0.3, 0.4) is 0 Å². The van der Waals surface area contributed by atoms with Gasteiger partial charge in [-0.1, -0.05) is 0 Å². The van der Waals surface area contributed by atoms with Crippen LogP contribution < -0.4 is 14.8 Å². The molecule has 16 heavy (non-hydrogen) atoms. The van der Waals surface area contributed by atoms with Crippen LogP contribution >= 0.6 is 0 Å². The molecule has 1 aromatic rings. The van der Waals surface area contributed by atoms with E-state index < -0.39 is 0 Å². The molecule has 1 aromatic carbocycles. The number of carbonyl (C=O) groups is 1. The number of hydrogen-bond acceptors (Lipinski definition) is 3. The molecule has 0 aliphatic heterocycles. The summed E-state index contributed by atoms with van der Waals surface area (Å²) in [6, 6.07) is 5.29. The first-order valence-corrected chi connectivity index (χ1v) is 5.31. The summed E-state index contributed by atoms with van der Waals surface area (Å²) in [4.78, 5) is 11.6. The van der Waals surface area contributed by atoms with E-state index in [-0.39, 0.29) is 5.91 Å². The Hall–Kier alpha value is -1.71. The topological polar surface area (TPSA) is 47.6 Å². The Balaban J connectivity index is 2.25. The van der Waals surface area contributed by atoms with Crippen molar-refractivity contribution in [1.82, 2.24) is 5.32 Å². The van der Waals surface area contributed by atoms with Gasteiger partial charge in [0, 0.05) is 7.05 Å². The first-order valence-electron chi connectivity index (χ1n) is 5.31. The fourth-order valence-corrected chi connectivity index (χ4v) is 1.45. The van der Waals surface area contributed by atoms with E-state index in [0.29, 0.717) is 17.4 Å². The minimum absolute atomic E-state index is 0.168. The fourth-order valence-electron chi connectivity index (χ4n) is 1.45. The Kier molecular flexibility index (Phi) is 2.99. The van der Waals surface area contributed by atoms with Gasteiger partial charge in [0.2, 0.25) is 0 Å². The van der Waals surface area contributed by atoms with Crippen molar-refractivity contribution in [3.63, 3.8) is 0 Å². The highest BCUT2D eigenvalue weighted by atomic mass is 16.5. The Morgan fingerprint density at radius 2 is 2.19 bits per heavy atom. The zero-order valence-electron chi connectivity index (χ0n) is 9.45. The first kappa shape index (κ1) is 10.8. The monoisotopic (exact) mass is 221 g/mol. The highest BCUT2D eigenvalue weighted by molar-refractivity contribution is 5.97. The molecule has 86 valence electrons. The van der Waals surface area contributed by atoms with Crippen molar-refractivity contribution in [2.75, 3.05) is 14.2 Å². The van der Waals surface area contributed by atoms with E-state index >= 15 is 0 Å². The highest BCUT2D eigenvalue weighted by Gasteiger charge is 2.24. The molecule has 0 atom stereocenters. The van der Waals surface area contributed by atoms with Gasteiger partial charge in [0.25, 0.3) is 5.91 Å². The third-order valence-electron chi connectivity index (χ3n) is 2.47. The molecule has 0 bridgehead atoms. The Bertz CT molecular complexity index is 399. The van der Waals surface area contributed by atoms with Crippen molar-refractivity contribution in [2.24, 2.45) is 0 Å². The number of methoxy groups -OCH3 is 1. The quantitative estimate of drug-likeness (QED) is 0.840. The van der Waals surface area contributed by atoms with Crippen LogP contribution in [0.15, 0.2) is 18.2 Å². The van der Waals surface area contributed by atoms with Crippen molar-refractivity contribution in [3.8, 4) is 11.5 Å². The Labute approximate surface area is 94.6 Å². The summed E-state index contributed by atoms with van der Waals surface area (Å²) in [6.45, 7) is 0. The van der Waals surface area contributed by atoms with Crippen LogP contribution in [0.1, 0.15) is 23.2 Å². The number of nitrogens with one attached hydrogen (secondary N) is 1. The molecule has 1 amide bonds. The lowest BCUT2D eigenvalue weighted by molar-refractivity contribution is 0.0959. The maximum absolute atomic E-state index is 11.6. The zero-order valence-corrected chi connectivity index (χ0v) is 9.45. The molecule has 0 spiro atoms. The molecule has 0 unspecified atom stereocenters. The summed E-state index contributed by atoms with van der Waals surface area (Å²) in [7, 11) is 3.14. The largest absolute Gasteiger partial charge is 0.496 e. The molecular formula is C12H15NO3. The summed E-state index contributed by atoms with van der Waals surface area (Å²) in [6.07, 6.45) is 2.52. The minimum Gasteiger partial charge on any atom is -0.496 e. The average Bonchev–Trinajstić information content (AvgIpc) is 3.12. The Morgan fingerprint density at radius 1 is 1.44 bits per heavy atom. The average molecular weight is 221 g/mol. The molecule has 4 heteroatoms. The summed E-state index contributed by atoms with van der Waals surface area (Å²) in [5.74, 6) is 1.11. The van der Waals surface area contributed by atoms with Gasteiger partial charge in [-0.05, 0) is 31.0 Å². The molecule has 4 nitrogen and oxygen atoms in total. The van der Waals surface area contributed by atoms with Gasteiger partial charge in [-0.15, -0.1) is 0 Å². The van der Waals surface area contributed by atoms with E-state index in [0.717, 1.165) is 18.6 Å². The predicted molar refractivity (Wildman–Crippen MR) is 60.0 cm³/mol. The fraction of sp³-hybridized carbons (Fsp3) is 0.417. The van der Waals surface area contributed by atoms with Gasteiger partial charge in [0.1, 0.15) is 11.5 Å². The third kappa shape index (κ3) is 2.27. The molecule has 1 saturated carbocycles. The summed E-state index contributed by atoms with van der Waals surface area (Å²) >= 11 is 0. The molecular weight excluding hydrogens is 206 g/mol. The molecule has 1 N–H and O–H groups in total. The van der Waals surface area contributed by atoms with Gasteiger partial charge in [0.15, 0.2) is 0 Å². The zero-order chi connectivity index (χ0) is 11.5. The SMILES string of the molecule is CNC(=O)c1cc(OC2CC2)ccc1OC. The smallest absolute Gasteiger partial charge is 0.254 e. The molecule has 0 saturated heterocycles. The maximum atomic E-state index is 11.6. The number of hydrogen-bond donors (Lipinski definition) is 1. The summed E-state index contributed by atoms with van der Waals surface area (Å²) < 4.78 is 10.8. The third-order valence-corrected chi connectivity index (χ3v) is 2.47. The highest BCUT2D eigenvalue weighted by Crippen LogP contribution is 2.30. The number of ether oxygens (including phenoxy) is 2. The van der Waals surface area contributed by atoms with E-state index in [1.807, 2.05) is 6.07 Å². The summed E-state index contributed by atoms with van der Waals surface area (Å²) in [5, 5.41) is 2.58. The van der Waals surface area contributed by atoms with Crippen LogP contribution in [0.2, 0.25) is 0 Å². The maximum Gasteiger partial charge on any atom is 0.254 e. The molecule has 0 radical (unpaired) electrons. The first-order chi connectivity index (χ1) is 7.74. The second-order valence-corrected chi connectivity index (χ2v) is 3.76. The molecule has 0 aromatic heterocycles. The van der Waals surface area contributed by atoms with Gasteiger partial charge in [-0.25, -0.2) is 0 Å². The lowest BCUT2D eigenvalue weighted by Crippen LogP contribution is -2.18. The van der Waals surface area contributed by atoms with E-state index in [9.17, 15) is 4.79 Å². The van der Waals surface area contributed by atoms with Crippen molar-refractivity contribution < 1.29 is 14.3 Å². The molecule has 1 aliphatic carbocycles. The lowest BCUT2D eigenvalue weighted by atomic mass is 10.1. The van der Waals surface area contributed by atoms with Gasteiger partial charge < -0.3 is 14.8 Å².